The first-order chi connectivity index (χ1) is 14.6. The maximum absolute atomic E-state index is 13.6. The normalized spacial score (nSPS) is 22.2. The second kappa shape index (κ2) is 8.67. The minimum atomic E-state index is -2.07. The molecule has 32 heavy (non-hydrogen) atoms. The lowest BCUT2D eigenvalue weighted by atomic mass is 9.67. The maximum atomic E-state index is 13.6. The van der Waals surface area contributed by atoms with Gasteiger partial charge in [-0.2, -0.15) is 0 Å². The van der Waals surface area contributed by atoms with Crippen molar-refractivity contribution in [1.29, 1.82) is 0 Å². The number of hydrogen-bond donors (Lipinski definition) is 0. The Bertz CT molecular complexity index is 919. The molecule has 1 heterocycles. The summed E-state index contributed by atoms with van der Waals surface area (Å²) < 4.78 is 19.4. The molecular weight excluding hydrogens is 432 g/mol. The molecule has 0 bridgehead atoms. The molecule has 0 fully saturated rings. The highest BCUT2D eigenvalue weighted by molar-refractivity contribution is 6.71. The van der Waals surface area contributed by atoms with Gasteiger partial charge in [0.25, 0.3) is 0 Å². The smallest absolute Gasteiger partial charge is 0.328 e. The molecule has 0 amide bonds. The molecule has 2 atom stereocenters. The summed E-state index contributed by atoms with van der Waals surface area (Å²) in [6.07, 6.45) is 6.29. The van der Waals surface area contributed by atoms with Crippen LogP contribution in [0.25, 0.3) is 0 Å². The molecule has 3 rings (SSSR count). The van der Waals surface area contributed by atoms with Gasteiger partial charge in [-0.25, -0.2) is 4.79 Å². The summed E-state index contributed by atoms with van der Waals surface area (Å²) in [6, 6.07) is 2.10. The van der Waals surface area contributed by atoms with Gasteiger partial charge < -0.3 is 13.6 Å². The third-order valence-electron chi connectivity index (χ3n) is 6.24. The zero-order valence-corrected chi connectivity index (χ0v) is 23.8. The molecular formula is C26H42O4Si2. The van der Waals surface area contributed by atoms with E-state index >= 15 is 0 Å². The van der Waals surface area contributed by atoms with Crippen LogP contribution in [0, 0.1) is 5.92 Å². The molecule has 0 radical (unpaired) electrons. The summed E-state index contributed by atoms with van der Waals surface area (Å²) in [5.41, 5.74) is 3.80. The predicted octanol–water partition coefficient (Wildman–Crippen LogP) is 7.46. The highest BCUT2D eigenvalue weighted by atomic mass is 28.4. The van der Waals surface area contributed by atoms with E-state index in [4.69, 9.17) is 13.6 Å². The fourth-order valence-corrected chi connectivity index (χ4v) is 6.51. The molecule has 2 unspecified atom stereocenters. The summed E-state index contributed by atoms with van der Waals surface area (Å²) in [5.74, 6) is 1.90. The molecule has 1 aliphatic heterocycles. The summed E-state index contributed by atoms with van der Waals surface area (Å²) in [4.78, 5) is 13.6. The van der Waals surface area contributed by atoms with Crippen LogP contribution >= 0.6 is 0 Å². The van der Waals surface area contributed by atoms with Crippen LogP contribution in [0.1, 0.15) is 74.4 Å². The first kappa shape index (κ1) is 25.1. The maximum Gasteiger partial charge on any atom is 0.328 e. The number of aryl methyl sites for hydroxylation is 1. The molecule has 4 nitrogen and oxygen atoms in total. The van der Waals surface area contributed by atoms with E-state index < -0.39 is 16.6 Å². The number of rotatable bonds is 6. The minimum absolute atomic E-state index is 0.183. The number of fused-ring (bicyclic) bond motifs is 3. The number of benzene rings is 1. The van der Waals surface area contributed by atoms with Crippen LogP contribution in [0.2, 0.25) is 39.3 Å². The molecule has 0 spiro atoms. The molecule has 1 aliphatic carbocycles. The summed E-state index contributed by atoms with van der Waals surface area (Å²) >= 11 is 0. The molecule has 0 saturated heterocycles. The van der Waals surface area contributed by atoms with Gasteiger partial charge in [0.1, 0.15) is 22.7 Å². The van der Waals surface area contributed by atoms with Crippen LogP contribution in [0.4, 0.5) is 0 Å². The third kappa shape index (κ3) is 5.33. The van der Waals surface area contributed by atoms with Crippen molar-refractivity contribution < 1.29 is 18.4 Å². The first-order valence-corrected chi connectivity index (χ1v) is 18.9. The van der Waals surface area contributed by atoms with Crippen LogP contribution < -0.4 is 9.16 Å². The number of ether oxygens (including phenoxy) is 1. The molecule has 0 aromatic heterocycles. The Morgan fingerprint density at radius 2 is 1.81 bits per heavy atom. The highest BCUT2D eigenvalue weighted by Crippen LogP contribution is 2.55. The van der Waals surface area contributed by atoms with Gasteiger partial charge >= 0.3 is 5.97 Å². The standard InChI is InChI=1S/C26H42O4Si2/c1-11-12-18-16-21-23(19-15-17(2)13-14-20(19)26(3,4)28-21)24(29-31(5,6)7)22(18)25(27)30-32(8,9)10/h15-16,19-20H,11-14H2,1-10H3. The van der Waals surface area contributed by atoms with Crippen molar-refractivity contribution in [2.45, 2.75) is 104 Å². The van der Waals surface area contributed by atoms with E-state index in [1.165, 1.54) is 5.57 Å². The summed E-state index contributed by atoms with van der Waals surface area (Å²) in [7, 11) is -4.09. The van der Waals surface area contributed by atoms with E-state index in [0.717, 1.165) is 48.3 Å². The third-order valence-corrected chi connectivity index (χ3v) is 7.85. The van der Waals surface area contributed by atoms with Crippen LogP contribution in [0.5, 0.6) is 11.5 Å². The van der Waals surface area contributed by atoms with Gasteiger partial charge in [-0.3, -0.25) is 0 Å². The monoisotopic (exact) mass is 474 g/mol. The second-order valence-corrected chi connectivity index (χ2v) is 20.9. The largest absolute Gasteiger partial charge is 0.543 e. The molecule has 178 valence electrons. The van der Waals surface area contributed by atoms with E-state index in [0.29, 0.717) is 11.5 Å². The molecule has 0 saturated carbocycles. The lowest BCUT2D eigenvalue weighted by Gasteiger charge is -2.47. The zero-order chi connectivity index (χ0) is 24.1. The van der Waals surface area contributed by atoms with Crippen molar-refractivity contribution in [3.05, 3.63) is 34.4 Å². The van der Waals surface area contributed by atoms with E-state index in [1.54, 1.807) is 0 Å². The van der Waals surface area contributed by atoms with Crippen molar-refractivity contribution >= 4 is 22.6 Å². The van der Waals surface area contributed by atoms with Crippen LogP contribution in [-0.2, 0) is 10.8 Å². The number of hydrogen-bond acceptors (Lipinski definition) is 4. The van der Waals surface area contributed by atoms with E-state index in [2.05, 4.69) is 79.1 Å². The van der Waals surface area contributed by atoms with Crippen molar-refractivity contribution in [3.63, 3.8) is 0 Å². The average molecular weight is 475 g/mol. The zero-order valence-electron chi connectivity index (χ0n) is 21.8. The Balaban J connectivity index is 2.34. The quantitative estimate of drug-likeness (QED) is 0.317. The summed E-state index contributed by atoms with van der Waals surface area (Å²) in [5, 5.41) is 0. The van der Waals surface area contributed by atoms with Gasteiger partial charge in [0.2, 0.25) is 16.6 Å². The molecule has 1 aromatic carbocycles. The minimum Gasteiger partial charge on any atom is -0.543 e. The van der Waals surface area contributed by atoms with Crippen molar-refractivity contribution in [2.24, 2.45) is 5.92 Å². The Kier molecular flexibility index (Phi) is 6.80. The lowest BCUT2D eigenvalue weighted by molar-refractivity contribution is 0.0109. The van der Waals surface area contributed by atoms with Gasteiger partial charge in [0, 0.05) is 17.4 Å². The molecule has 1 aromatic rings. The number of allylic oxidation sites excluding steroid dienone is 2. The van der Waals surface area contributed by atoms with Gasteiger partial charge in [0.15, 0.2) is 0 Å². The molecule has 2 aliphatic rings. The number of carbonyl (C=O) groups excluding carboxylic acids is 1. The topological polar surface area (TPSA) is 44.8 Å². The molecule has 6 heteroatoms. The van der Waals surface area contributed by atoms with E-state index in [-0.39, 0.29) is 17.5 Å². The van der Waals surface area contributed by atoms with Crippen molar-refractivity contribution in [2.75, 3.05) is 0 Å². The van der Waals surface area contributed by atoms with Crippen molar-refractivity contribution in [3.8, 4) is 11.5 Å². The lowest BCUT2D eigenvalue weighted by Crippen LogP contribution is -2.46. The molecule has 0 N–H and O–H groups in total. The van der Waals surface area contributed by atoms with Crippen LogP contribution in [0.15, 0.2) is 17.7 Å². The predicted molar refractivity (Wildman–Crippen MR) is 137 cm³/mol. The Morgan fingerprint density at radius 3 is 2.38 bits per heavy atom. The van der Waals surface area contributed by atoms with Gasteiger partial charge in [0.05, 0.1) is 0 Å². The van der Waals surface area contributed by atoms with Gasteiger partial charge in [-0.05, 0) is 90.9 Å². The van der Waals surface area contributed by atoms with Crippen LogP contribution in [-0.4, -0.2) is 28.2 Å². The van der Waals surface area contributed by atoms with E-state index in [9.17, 15) is 4.79 Å². The Labute approximate surface area is 197 Å². The van der Waals surface area contributed by atoms with Crippen molar-refractivity contribution in [1.82, 2.24) is 0 Å². The average Bonchev–Trinajstić information content (AvgIpc) is 2.57. The first-order valence-electron chi connectivity index (χ1n) is 12.1. The highest BCUT2D eigenvalue weighted by Gasteiger charge is 2.47. The fraction of sp³-hybridized carbons (Fsp3) is 0.654. The summed E-state index contributed by atoms with van der Waals surface area (Å²) in [6.45, 7) is 21.4. The van der Waals surface area contributed by atoms with Gasteiger partial charge in [-0.1, -0.05) is 25.0 Å². The van der Waals surface area contributed by atoms with Gasteiger partial charge in [-0.15, -0.1) is 0 Å². The fourth-order valence-electron chi connectivity index (χ4n) is 5.02. The SMILES string of the molecule is CCCc1cc2c(c(O[Si](C)(C)C)c1C(=O)O[Si](C)(C)C)C1C=C(C)CCC1C(C)(C)O2. The Hall–Kier alpha value is -1.54. The number of carbonyl (C=O) groups is 1. The van der Waals surface area contributed by atoms with Crippen LogP contribution in [0.3, 0.4) is 0 Å². The Morgan fingerprint density at radius 1 is 1.16 bits per heavy atom. The van der Waals surface area contributed by atoms with E-state index in [1.807, 2.05) is 0 Å². The second-order valence-electron chi connectivity index (χ2n) is 12.0.